The molecular formula is C13H9NOS. The average Bonchev–Trinajstić information content (AvgIpc) is 3.01. The van der Waals surface area contributed by atoms with Crippen molar-refractivity contribution < 1.29 is 4.42 Å². The smallest absolute Gasteiger partial charge is 0.227 e. The molecule has 3 aromatic rings. The fraction of sp³-hybridized carbons (Fsp3) is 0. The van der Waals surface area contributed by atoms with E-state index in [1.54, 1.807) is 23.8 Å². The van der Waals surface area contributed by atoms with E-state index in [0.29, 0.717) is 5.89 Å². The predicted molar refractivity (Wildman–Crippen MR) is 65.3 cm³/mol. The minimum atomic E-state index is 0.681. The summed E-state index contributed by atoms with van der Waals surface area (Å²) in [5, 5.41) is 2.06. The van der Waals surface area contributed by atoms with E-state index in [9.17, 15) is 0 Å². The summed E-state index contributed by atoms with van der Waals surface area (Å²) in [5.74, 6) is 0.681. The first-order valence-corrected chi connectivity index (χ1v) is 5.86. The van der Waals surface area contributed by atoms with Gasteiger partial charge in [-0.1, -0.05) is 30.3 Å². The van der Waals surface area contributed by atoms with Gasteiger partial charge in [-0.3, -0.25) is 0 Å². The number of rotatable bonds is 2. The fourth-order valence-electron chi connectivity index (χ4n) is 1.65. The van der Waals surface area contributed by atoms with Gasteiger partial charge in [0.15, 0.2) is 0 Å². The predicted octanol–water partition coefficient (Wildman–Crippen LogP) is 4.07. The van der Waals surface area contributed by atoms with Gasteiger partial charge in [-0.2, -0.15) is 0 Å². The number of aromatic nitrogens is 1. The van der Waals surface area contributed by atoms with E-state index in [2.05, 4.69) is 22.5 Å². The Kier molecular flexibility index (Phi) is 2.31. The second-order valence-electron chi connectivity index (χ2n) is 3.37. The van der Waals surface area contributed by atoms with Crippen LogP contribution in [-0.2, 0) is 0 Å². The molecule has 2 heterocycles. The lowest BCUT2D eigenvalue weighted by Crippen LogP contribution is -1.77. The zero-order valence-electron chi connectivity index (χ0n) is 8.46. The quantitative estimate of drug-likeness (QED) is 0.659. The lowest BCUT2D eigenvalue weighted by Gasteiger charge is -1.99. The Bertz CT molecular complexity index is 569. The van der Waals surface area contributed by atoms with E-state index in [-0.39, 0.29) is 0 Å². The molecule has 0 aliphatic rings. The van der Waals surface area contributed by atoms with Crippen LogP contribution < -0.4 is 0 Å². The molecule has 0 saturated carbocycles. The van der Waals surface area contributed by atoms with Crippen molar-refractivity contribution in [3.63, 3.8) is 0 Å². The van der Waals surface area contributed by atoms with Gasteiger partial charge in [0.1, 0.15) is 6.26 Å². The van der Waals surface area contributed by atoms with Crippen LogP contribution in [0, 0.1) is 0 Å². The summed E-state index contributed by atoms with van der Waals surface area (Å²) in [6.07, 6.45) is 3.27. The van der Waals surface area contributed by atoms with Crippen LogP contribution in [0.3, 0.4) is 0 Å². The van der Waals surface area contributed by atoms with Gasteiger partial charge in [0.2, 0.25) is 5.89 Å². The van der Waals surface area contributed by atoms with E-state index in [1.807, 2.05) is 24.3 Å². The number of oxazole rings is 1. The molecule has 0 aliphatic heterocycles. The highest BCUT2D eigenvalue weighted by Crippen LogP contribution is 2.35. The molecule has 1 aromatic carbocycles. The van der Waals surface area contributed by atoms with Crippen molar-refractivity contribution >= 4 is 11.3 Å². The summed E-state index contributed by atoms with van der Waals surface area (Å²) in [5.41, 5.74) is 2.26. The molecule has 3 heteroatoms. The van der Waals surface area contributed by atoms with Crippen LogP contribution in [0.5, 0.6) is 0 Å². The van der Waals surface area contributed by atoms with Crippen molar-refractivity contribution in [1.82, 2.24) is 4.98 Å². The van der Waals surface area contributed by atoms with E-state index in [1.165, 1.54) is 10.4 Å². The van der Waals surface area contributed by atoms with Gasteiger partial charge in [-0.15, -0.1) is 11.3 Å². The number of hydrogen-bond donors (Lipinski definition) is 0. The summed E-state index contributed by atoms with van der Waals surface area (Å²) in [4.78, 5) is 5.38. The maximum Gasteiger partial charge on any atom is 0.227 e. The monoisotopic (exact) mass is 227 g/mol. The molecular weight excluding hydrogens is 218 g/mol. The van der Waals surface area contributed by atoms with Gasteiger partial charge >= 0.3 is 0 Å². The third-order valence-electron chi connectivity index (χ3n) is 2.36. The molecule has 2 aromatic heterocycles. The van der Waals surface area contributed by atoms with Crippen molar-refractivity contribution in [1.29, 1.82) is 0 Å². The SMILES string of the molecule is c1ccc(-c2sccc2-c2ncco2)cc1. The second kappa shape index (κ2) is 3.94. The number of hydrogen-bond acceptors (Lipinski definition) is 3. The van der Waals surface area contributed by atoms with E-state index in [4.69, 9.17) is 4.42 Å². The normalized spacial score (nSPS) is 10.5. The molecule has 0 saturated heterocycles. The third kappa shape index (κ3) is 1.55. The molecule has 0 bridgehead atoms. The van der Waals surface area contributed by atoms with E-state index >= 15 is 0 Å². The zero-order valence-corrected chi connectivity index (χ0v) is 9.28. The molecule has 0 unspecified atom stereocenters. The summed E-state index contributed by atoms with van der Waals surface area (Å²) < 4.78 is 5.34. The fourth-order valence-corrected chi connectivity index (χ4v) is 2.54. The van der Waals surface area contributed by atoms with Crippen LogP contribution in [-0.4, -0.2) is 4.98 Å². The van der Waals surface area contributed by atoms with Crippen LogP contribution in [0.4, 0.5) is 0 Å². The molecule has 0 amide bonds. The minimum Gasteiger partial charge on any atom is -0.444 e. The molecule has 0 spiro atoms. The van der Waals surface area contributed by atoms with Crippen LogP contribution in [0.2, 0.25) is 0 Å². The highest BCUT2D eigenvalue weighted by molar-refractivity contribution is 7.14. The topological polar surface area (TPSA) is 26.0 Å². The maximum atomic E-state index is 5.34. The molecule has 2 nitrogen and oxygen atoms in total. The van der Waals surface area contributed by atoms with Crippen LogP contribution in [0.15, 0.2) is 58.7 Å². The number of nitrogens with zero attached hydrogens (tertiary/aromatic N) is 1. The molecule has 78 valence electrons. The Morgan fingerprint density at radius 2 is 1.94 bits per heavy atom. The van der Waals surface area contributed by atoms with Gasteiger partial charge in [0, 0.05) is 4.88 Å². The Morgan fingerprint density at radius 3 is 2.69 bits per heavy atom. The lowest BCUT2D eigenvalue weighted by molar-refractivity contribution is 0.575. The highest BCUT2D eigenvalue weighted by Gasteiger charge is 2.11. The first-order chi connectivity index (χ1) is 7.95. The lowest BCUT2D eigenvalue weighted by atomic mass is 10.1. The van der Waals surface area contributed by atoms with Crippen LogP contribution >= 0.6 is 11.3 Å². The Hall–Kier alpha value is -1.87. The second-order valence-corrected chi connectivity index (χ2v) is 4.28. The minimum absolute atomic E-state index is 0.681. The van der Waals surface area contributed by atoms with Crippen molar-refractivity contribution in [2.24, 2.45) is 0 Å². The van der Waals surface area contributed by atoms with Gasteiger partial charge in [-0.25, -0.2) is 4.98 Å². The van der Waals surface area contributed by atoms with Crippen molar-refractivity contribution in [2.45, 2.75) is 0 Å². The van der Waals surface area contributed by atoms with Crippen molar-refractivity contribution in [3.8, 4) is 21.9 Å². The molecule has 0 N–H and O–H groups in total. The first-order valence-electron chi connectivity index (χ1n) is 4.98. The first kappa shape index (κ1) is 9.36. The van der Waals surface area contributed by atoms with Gasteiger partial charge in [0.05, 0.1) is 11.8 Å². The van der Waals surface area contributed by atoms with Gasteiger partial charge in [-0.05, 0) is 17.0 Å². The Balaban J connectivity index is 2.14. The van der Waals surface area contributed by atoms with Crippen molar-refractivity contribution in [2.75, 3.05) is 0 Å². The molecule has 16 heavy (non-hydrogen) atoms. The molecule has 0 fully saturated rings. The summed E-state index contributed by atoms with van der Waals surface area (Å²) >= 11 is 1.70. The van der Waals surface area contributed by atoms with Crippen LogP contribution in [0.1, 0.15) is 0 Å². The molecule has 3 rings (SSSR count). The standard InChI is InChI=1S/C13H9NOS/c1-2-4-10(5-3-1)12-11(6-9-16-12)13-14-7-8-15-13/h1-9H. The van der Waals surface area contributed by atoms with Crippen molar-refractivity contribution in [3.05, 3.63) is 54.2 Å². The Morgan fingerprint density at radius 1 is 1.06 bits per heavy atom. The molecule has 0 radical (unpaired) electrons. The van der Waals surface area contributed by atoms with E-state index in [0.717, 1.165) is 5.56 Å². The molecule has 0 aliphatic carbocycles. The summed E-state index contributed by atoms with van der Waals surface area (Å²) in [6.45, 7) is 0. The zero-order chi connectivity index (χ0) is 10.8. The summed E-state index contributed by atoms with van der Waals surface area (Å²) in [6, 6.07) is 12.3. The van der Waals surface area contributed by atoms with Crippen LogP contribution in [0.25, 0.3) is 21.9 Å². The molecule has 0 atom stereocenters. The van der Waals surface area contributed by atoms with Gasteiger partial charge in [0.25, 0.3) is 0 Å². The third-order valence-corrected chi connectivity index (χ3v) is 3.33. The largest absolute Gasteiger partial charge is 0.444 e. The van der Waals surface area contributed by atoms with E-state index < -0.39 is 0 Å². The maximum absolute atomic E-state index is 5.34. The Labute approximate surface area is 97.2 Å². The number of benzene rings is 1. The number of thiophene rings is 1. The van der Waals surface area contributed by atoms with Gasteiger partial charge < -0.3 is 4.42 Å². The average molecular weight is 227 g/mol. The highest BCUT2D eigenvalue weighted by atomic mass is 32.1. The summed E-state index contributed by atoms with van der Waals surface area (Å²) in [7, 11) is 0.